The van der Waals surface area contributed by atoms with E-state index in [4.69, 9.17) is 0 Å². The highest BCUT2D eigenvalue weighted by Gasteiger charge is 2.45. The number of amides is 2. The minimum absolute atomic E-state index is 0.136. The van der Waals surface area contributed by atoms with E-state index >= 15 is 0 Å². The number of aryl methyl sites for hydroxylation is 1. The molecular formula is C20H29N3O2. The molecular weight excluding hydrogens is 314 g/mol. The summed E-state index contributed by atoms with van der Waals surface area (Å²) in [6.07, 6.45) is 9.82. The van der Waals surface area contributed by atoms with Crippen LogP contribution >= 0.6 is 0 Å². The Morgan fingerprint density at radius 3 is 2.72 bits per heavy atom. The Hall–Kier alpha value is -1.78. The summed E-state index contributed by atoms with van der Waals surface area (Å²) in [6, 6.07) is 4.00. The van der Waals surface area contributed by atoms with Gasteiger partial charge in [-0.2, -0.15) is 0 Å². The van der Waals surface area contributed by atoms with Crippen LogP contribution in [-0.2, 0) is 16.0 Å². The summed E-state index contributed by atoms with van der Waals surface area (Å²) in [7, 11) is 0. The molecule has 1 aliphatic carbocycles. The number of piperidine rings is 1. The number of nitrogens with zero attached hydrogens (tertiary/aromatic N) is 2. The van der Waals surface area contributed by atoms with Crippen molar-refractivity contribution in [3.8, 4) is 0 Å². The molecule has 25 heavy (non-hydrogen) atoms. The maximum atomic E-state index is 12.5. The zero-order chi connectivity index (χ0) is 17.3. The van der Waals surface area contributed by atoms with E-state index in [0.717, 1.165) is 57.1 Å². The molecule has 5 heteroatoms. The molecule has 3 aliphatic rings. The largest absolute Gasteiger partial charge is 0.365 e. The van der Waals surface area contributed by atoms with Crippen molar-refractivity contribution in [2.24, 2.45) is 11.3 Å². The summed E-state index contributed by atoms with van der Waals surface area (Å²) < 4.78 is 0. The number of H-pyrrole nitrogens is 1. The quantitative estimate of drug-likeness (QED) is 0.893. The molecule has 5 nitrogen and oxygen atoms in total. The third-order valence-electron chi connectivity index (χ3n) is 6.56. The maximum Gasteiger partial charge on any atom is 0.223 e. The van der Waals surface area contributed by atoms with Crippen molar-refractivity contribution in [1.82, 2.24) is 14.8 Å². The lowest BCUT2D eigenvalue weighted by atomic mass is 9.77. The average molecular weight is 343 g/mol. The number of hydrogen-bond acceptors (Lipinski definition) is 2. The van der Waals surface area contributed by atoms with E-state index in [0.29, 0.717) is 18.7 Å². The molecule has 0 aromatic carbocycles. The van der Waals surface area contributed by atoms with Crippen molar-refractivity contribution in [2.75, 3.05) is 26.2 Å². The first kappa shape index (κ1) is 16.7. The Bertz CT molecular complexity index is 613. The fourth-order valence-electron chi connectivity index (χ4n) is 4.62. The summed E-state index contributed by atoms with van der Waals surface area (Å²) in [4.78, 5) is 32.1. The van der Waals surface area contributed by atoms with Crippen molar-refractivity contribution < 1.29 is 9.59 Å². The molecule has 136 valence electrons. The van der Waals surface area contributed by atoms with E-state index in [1.54, 1.807) is 0 Å². The summed E-state index contributed by atoms with van der Waals surface area (Å²) in [5.74, 6) is 1.34. The van der Waals surface area contributed by atoms with Gasteiger partial charge in [-0.25, -0.2) is 0 Å². The molecule has 2 aliphatic heterocycles. The number of likely N-dealkylation sites (tertiary alicyclic amines) is 2. The molecule has 1 aromatic heterocycles. The number of nitrogens with one attached hydrogen (secondary N) is 1. The highest BCUT2D eigenvalue weighted by molar-refractivity contribution is 5.80. The molecule has 4 rings (SSSR count). The predicted octanol–water partition coefficient (Wildman–Crippen LogP) is 2.59. The van der Waals surface area contributed by atoms with Crippen LogP contribution in [0.3, 0.4) is 0 Å². The number of hydrogen-bond donors (Lipinski definition) is 1. The minimum Gasteiger partial charge on any atom is -0.365 e. The van der Waals surface area contributed by atoms with Crippen molar-refractivity contribution in [3.05, 3.63) is 24.0 Å². The summed E-state index contributed by atoms with van der Waals surface area (Å²) in [5, 5.41) is 0. The van der Waals surface area contributed by atoms with E-state index in [2.05, 4.69) is 9.88 Å². The predicted molar refractivity (Wildman–Crippen MR) is 95.9 cm³/mol. The molecule has 0 atom stereocenters. The van der Waals surface area contributed by atoms with Gasteiger partial charge in [0.1, 0.15) is 0 Å². The van der Waals surface area contributed by atoms with E-state index in [1.807, 2.05) is 23.2 Å². The van der Waals surface area contributed by atoms with Crippen LogP contribution in [0.25, 0.3) is 0 Å². The lowest BCUT2D eigenvalue weighted by Crippen LogP contribution is -2.44. The van der Waals surface area contributed by atoms with E-state index in [1.165, 1.54) is 19.3 Å². The molecule has 0 radical (unpaired) electrons. The highest BCUT2D eigenvalue weighted by atomic mass is 16.2. The van der Waals surface area contributed by atoms with Crippen LogP contribution in [-0.4, -0.2) is 52.8 Å². The standard InChI is InChI=1S/C20H29N3O2/c24-18(7-6-17-5-2-10-21-17)22-11-8-20(9-12-22)13-19(25)23(15-20)14-16-3-1-4-16/h2,5,10,16,21H,1,3-4,6-9,11-15H2. The molecule has 0 bridgehead atoms. The highest BCUT2D eigenvalue weighted by Crippen LogP contribution is 2.42. The van der Waals surface area contributed by atoms with E-state index in [-0.39, 0.29) is 11.3 Å². The van der Waals surface area contributed by atoms with Crippen LogP contribution in [0.5, 0.6) is 0 Å². The second-order valence-corrected chi connectivity index (χ2v) is 8.32. The molecule has 0 unspecified atom stereocenters. The van der Waals surface area contributed by atoms with Gasteiger partial charge >= 0.3 is 0 Å². The van der Waals surface area contributed by atoms with Crippen LogP contribution in [0.4, 0.5) is 0 Å². The number of rotatable bonds is 5. The Morgan fingerprint density at radius 2 is 2.08 bits per heavy atom. The second kappa shape index (κ2) is 6.85. The first-order chi connectivity index (χ1) is 12.1. The van der Waals surface area contributed by atoms with Crippen LogP contribution in [0.15, 0.2) is 18.3 Å². The lowest BCUT2D eigenvalue weighted by Gasteiger charge is -2.39. The molecule has 2 saturated heterocycles. The SMILES string of the molecule is O=C(CCc1ccc[nH]1)N1CCC2(CC1)CC(=O)N(CC1CCC1)C2. The minimum atomic E-state index is 0.136. The summed E-state index contributed by atoms with van der Waals surface area (Å²) in [5.41, 5.74) is 1.26. The molecule has 3 heterocycles. The Labute approximate surface area is 149 Å². The third kappa shape index (κ3) is 3.60. The van der Waals surface area contributed by atoms with Gasteiger partial charge in [0.15, 0.2) is 0 Å². The average Bonchev–Trinajstić information content (AvgIpc) is 3.18. The molecule has 1 N–H and O–H groups in total. The van der Waals surface area contributed by atoms with Crippen LogP contribution in [0.2, 0.25) is 0 Å². The van der Waals surface area contributed by atoms with E-state index in [9.17, 15) is 9.59 Å². The molecule has 1 spiro atoms. The van der Waals surface area contributed by atoms with Gasteiger partial charge in [-0.1, -0.05) is 6.42 Å². The van der Waals surface area contributed by atoms with Crippen LogP contribution in [0, 0.1) is 11.3 Å². The van der Waals surface area contributed by atoms with Crippen LogP contribution in [0.1, 0.15) is 50.6 Å². The van der Waals surface area contributed by atoms with Gasteiger partial charge in [0.2, 0.25) is 11.8 Å². The topological polar surface area (TPSA) is 56.4 Å². The van der Waals surface area contributed by atoms with Gasteiger partial charge in [-0.15, -0.1) is 0 Å². The third-order valence-corrected chi connectivity index (χ3v) is 6.56. The zero-order valence-electron chi connectivity index (χ0n) is 15.0. The fourth-order valence-corrected chi connectivity index (χ4v) is 4.62. The van der Waals surface area contributed by atoms with Gasteiger partial charge in [0, 0.05) is 56.3 Å². The van der Waals surface area contributed by atoms with Gasteiger partial charge in [0.25, 0.3) is 0 Å². The molecule has 3 fully saturated rings. The molecule has 1 saturated carbocycles. The number of carbonyl (C=O) groups is 2. The Kier molecular flexibility index (Phi) is 4.57. The number of aromatic nitrogens is 1. The Morgan fingerprint density at radius 1 is 1.28 bits per heavy atom. The first-order valence-corrected chi connectivity index (χ1v) is 9.81. The Balaban J connectivity index is 1.26. The normalized spacial score (nSPS) is 23.3. The maximum absolute atomic E-state index is 12.5. The van der Waals surface area contributed by atoms with Crippen molar-refractivity contribution in [3.63, 3.8) is 0 Å². The van der Waals surface area contributed by atoms with Crippen molar-refractivity contribution in [1.29, 1.82) is 0 Å². The first-order valence-electron chi connectivity index (χ1n) is 9.81. The molecule has 1 aromatic rings. The molecule has 2 amide bonds. The second-order valence-electron chi connectivity index (χ2n) is 8.32. The monoisotopic (exact) mass is 343 g/mol. The number of carbonyl (C=O) groups excluding carboxylic acids is 2. The lowest BCUT2D eigenvalue weighted by molar-refractivity contribution is -0.133. The summed E-state index contributed by atoms with van der Waals surface area (Å²) >= 11 is 0. The summed E-state index contributed by atoms with van der Waals surface area (Å²) in [6.45, 7) is 3.52. The smallest absolute Gasteiger partial charge is 0.223 e. The van der Waals surface area contributed by atoms with Gasteiger partial charge in [-0.05, 0) is 50.2 Å². The van der Waals surface area contributed by atoms with Crippen LogP contribution < -0.4 is 0 Å². The number of aromatic amines is 1. The van der Waals surface area contributed by atoms with Gasteiger partial charge in [-0.3, -0.25) is 9.59 Å². The van der Waals surface area contributed by atoms with E-state index < -0.39 is 0 Å². The van der Waals surface area contributed by atoms with Crippen molar-refractivity contribution in [2.45, 2.75) is 51.4 Å². The fraction of sp³-hybridized carbons (Fsp3) is 0.700. The van der Waals surface area contributed by atoms with Gasteiger partial charge in [0.05, 0.1) is 0 Å². The van der Waals surface area contributed by atoms with Gasteiger partial charge < -0.3 is 14.8 Å². The van der Waals surface area contributed by atoms with Crippen molar-refractivity contribution >= 4 is 11.8 Å². The zero-order valence-corrected chi connectivity index (χ0v) is 15.0.